The summed E-state index contributed by atoms with van der Waals surface area (Å²) in [6, 6.07) is 0.229. The van der Waals surface area contributed by atoms with Crippen molar-refractivity contribution in [2.75, 3.05) is 20.3 Å². The van der Waals surface area contributed by atoms with Gasteiger partial charge < -0.3 is 10.1 Å². The fourth-order valence-corrected chi connectivity index (χ4v) is 2.95. The highest BCUT2D eigenvalue weighted by Crippen LogP contribution is 2.32. The summed E-state index contributed by atoms with van der Waals surface area (Å²) in [5.74, 6) is 0.480. The smallest absolute Gasteiger partial charge is 0.0834 e. The molecule has 2 rings (SSSR count). The Morgan fingerprint density at radius 3 is 3.11 bits per heavy atom. The van der Waals surface area contributed by atoms with E-state index in [1.54, 1.807) is 6.20 Å². The van der Waals surface area contributed by atoms with Crippen molar-refractivity contribution >= 4 is 11.6 Å². The zero-order valence-corrected chi connectivity index (χ0v) is 11.9. The van der Waals surface area contributed by atoms with Crippen molar-refractivity contribution in [1.82, 2.24) is 15.1 Å². The van der Waals surface area contributed by atoms with Gasteiger partial charge in [0, 0.05) is 19.1 Å². The van der Waals surface area contributed by atoms with Crippen LogP contribution in [0.4, 0.5) is 0 Å². The van der Waals surface area contributed by atoms with Crippen LogP contribution in [0.3, 0.4) is 0 Å². The second kappa shape index (κ2) is 6.55. The molecule has 0 amide bonds. The molecule has 1 aliphatic heterocycles. The molecule has 1 N–H and O–H groups in total. The second-order valence-electron chi connectivity index (χ2n) is 4.84. The van der Waals surface area contributed by atoms with E-state index >= 15 is 0 Å². The Bertz CT molecular complexity index is 374. The summed E-state index contributed by atoms with van der Waals surface area (Å²) >= 11 is 6.31. The van der Waals surface area contributed by atoms with Gasteiger partial charge in [0.05, 0.1) is 29.6 Å². The standard InChI is InChI=1S/C13H22ClN3O/c1-3-6-17-13(11(14)8-16-17)12(15-2)10-5-4-7-18-9-10/h8,10,12,15H,3-7,9H2,1-2H3. The highest BCUT2D eigenvalue weighted by Gasteiger charge is 2.28. The van der Waals surface area contributed by atoms with E-state index in [4.69, 9.17) is 16.3 Å². The minimum atomic E-state index is 0.229. The molecule has 5 heteroatoms. The topological polar surface area (TPSA) is 39.1 Å². The average Bonchev–Trinajstić information content (AvgIpc) is 2.75. The van der Waals surface area contributed by atoms with Crippen LogP contribution in [0, 0.1) is 5.92 Å². The zero-order chi connectivity index (χ0) is 13.0. The summed E-state index contributed by atoms with van der Waals surface area (Å²) in [7, 11) is 1.99. The van der Waals surface area contributed by atoms with Crippen molar-refractivity contribution in [2.45, 2.75) is 38.8 Å². The second-order valence-corrected chi connectivity index (χ2v) is 5.25. The maximum absolute atomic E-state index is 6.31. The van der Waals surface area contributed by atoms with E-state index in [0.717, 1.165) is 43.3 Å². The predicted molar refractivity (Wildman–Crippen MR) is 72.9 cm³/mol. The Balaban J connectivity index is 2.22. The minimum Gasteiger partial charge on any atom is -0.381 e. The molecular weight excluding hydrogens is 250 g/mol. The van der Waals surface area contributed by atoms with Crippen molar-refractivity contribution in [2.24, 2.45) is 5.92 Å². The summed E-state index contributed by atoms with van der Waals surface area (Å²) in [5.41, 5.74) is 1.11. The van der Waals surface area contributed by atoms with Gasteiger partial charge in [-0.15, -0.1) is 0 Å². The quantitative estimate of drug-likeness (QED) is 0.895. The Hall–Kier alpha value is -0.580. The summed E-state index contributed by atoms with van der Waals surface area (Å²) in [4.78, 5) is 0. The molecule has 0 bridgehead atoms. The van der Waals surface area contributed by atoms with Crippen LogP contribution in [-0.2, 0) is 11.3 Å². The third-order valence-corrected chi connectivity index (χ3v) is 3.83. The van der Waals surface area contributed by atoms with E-state index in [-0.39, 0.29) is 6.04 Å². The minimum absolute atomic E-state index is 0.229. The molecule has 0 saturated carbocycles. The highest BCUT2D eigenvalue weighted by molar-refractivity contribution is 6.31. The molecule has 0 aliphatic carbocycles. The number of aryl methyl sites for hydroxylation is 1. The Morgan fingerprint density at radius 1 is 1.67 bits per heavy atom. The molecule has 4 nitrogen and oxygen atoms in total. The number of nitrogens with one attached hydrogen (secondary N) is 1. The lowest BCUT2D eigenvalue weighted by Gasteiger charge is -2.30. The van der Waals surface area contributed by atoms with Crippen molar-refractivity contribution < 1.29 is 4.74 Å². The van der Waals surface area contributed by atoms with Crippen LogP contribution < -0.4 is 5.32 Å². The van der Waals surface area contributed by atoms with Crippen molar-refractivity contribution in [1.29, 1.82) is 0 Å². The van der Waals surface area contributed by atoms with Gasteiger partial charge in [0.15, 0.2) is 0 Å². The predicted octanol–water partition coefficient (Wildman–Crippen LogP) is 2.63. The lowest BCUT2D eigenvalue weighted by molar-refractivity contribution is 0.0388. The first kappa shape index (κ1) is 13.8. The van der Waals surface area contributed by atoms with Gasteiger partial charge in [-0.05, 0) is 26.3 Å². The number of halogens is 1. The zero-order valence-electron chi connectivity index (χ0n) is 11.2. The van der Waals surface area contributed by atoms with Crippen LogP contribution in [0.25, 0.3) is 0 Å². The van der Waals surface area contributed by atoms with Gasteiger partial charge >= 0.3 is 0 Å². The maximum atomic E-state index is 6.31. The first-order valence-electron chi connectivity index (χ1n) is 6.74. The molecule has 1 aromatic heterocycles. The van der Waals surface area contributed by atoms with Crippen molar-refractivity contribution in [3.63, 3.8) is 0 Å². The molecule has 2 heterocycles. The molecule has 1 fully saturated rings. The summed E-state index contributed by atoms with van der Waals surface area (Å²) in [6.45, 7) is 4.75. The monoisotopic (exact) mass is 271 g/mol. The van der Waals surface area contributed by atoms with E-state index in [0.29, 0.717) is 5.92 Å². The summed E-state index contributed by atoms with van der Waals surface area (Å²) < 4.78 is 7.62. The largest absolute Gasteiger partial charge is 0.381 e. The third kappa shape index (κ3) is 2.87. The van der Waals surface area contributed by atoms with Crippen molar-refractivity contribution in [3.8, 4) is 0 Å². The van der Waals surface area contributed by atoms with Gasteiger partial charge in [-0.25, -0.2) is 0 Å². The number of nitrogens with zero attached hydrogens (tertiary/aromatic N) is 2. The van der Waals surface area contributed by atoms with E-state index in [9.17, 15) is 0 Å². The van der Waals surface area contributed by atoms with E-state index in [1.165, 1.54) is 6.42 Å². The molecule has 102 valence electrons. The maximum Gasteiger partial charge on any atom is 0.0834 e. The molecule has 0 spiro atoms. The molecular formula is C13H22ClN3O. The van der Waals surface area contributed by atoms with E-state index < -0.39 is 0 Å². The van der Waals surface area contributed by atoms with Crippen LogP contribution in [-0.4, -0.2) is 30.0 Å². The number of ether oxygens (including phenoxy) is 1. The molecule has 2 unspecified atom stereocenters. The molecule has 0 radical (unpaired) electrons. The Labute approximate surface area is 114 Å². The SMILES string of the molecule is CCCn1ncc(Cl)c1C(NC)C1CCCOC1. The third-order valence-electron chi connectivity index (χ3n) is 3.54. The van der Waals surface area contributed by atoms with Crippen LogP contribution >= 0.6 is 11.6 Å². The Kier molecular flexibility index (Phi) is 5.03. The number of rotatable bonds is 5. The first-order chi connectivity index (χ1) is 8.77. The summed E-state index contributed by atoms with van der Waals surface area (Å²) in [5, 5.41) is 8.52. The van der Waals surface area contributed by atoms with Gasteiger partial charge in [-0.1, -0.05) is 18.5 Å². The first-order valence-corrected chi connectivity index (χ1v) is 7.12. The van der Waals surface area contributed by atoms with E-state index in [2.05, 4.69) is 17.3 Å². The van der Waals surface area contributed by atoms with Crippen LogP contribution in [0.5, 0.6) is 0 Å². The normalized spacial score (nSPS) is 22.1. The molecule has 0 aromatic carbocycles. The fraction of sp³-hybridized carbons (Fsp3) is 0.769. The number of hydrogen-bond donors (Lipinski definition) is 1. The Morgan fingerprint density at radius 2 is 2.50 bits per heavy atom. The van der Waals surface area contributed by atoms with Gasteiger partial charge in [0.25, 0.3) is 0 Å². The van der Waals surface area contributed by atoms with Crippen LogP contribution in [0.2, 0.25) is 5.02 Å². The van der Waals surface area contributed by atoms with Gasteiger partial charge in [-0.2, -0.15) is 5.10 Å². The number of hydrogen-bond acceptors (Lipinski definition) is 3. The van der Waals surface area contributed by atoms with Gasteiger partial charge in [-0.3, -0.25) is 4.68 Å². The molecule has 18 heavy (non-hydrogen) atoms. The molecule has 1 aliphatic rings. The lowest BCUT2D eigenvalue weighted by atomic mass is 9.91. The lowest BCUT2D eigenvalue weighted by Crippen LogP contribution is -2.33. The number of aromatic nitrogens is 2. The van der Waals surface area contributed by atoms with Gasteiger partial charge in [0.2, 0.25) is 0 Å². The van der Waals surface area contributed by atoms with E-state index in [1.807, 2.05) is 11.7 Å². The molecule has 2 atom stereocenters. The van der Waals surface area contributed by atoms with Gasteiger partial charge in [0.1, 0.15) is 0 Å². The average molecular weight is 272 g/mol. The van der Waals surface area contributed by atoms with Crippen LogP contribution in [0.1, 0.15) is 37.9 Å². The van der Waals surface area contributed by atoms with Crippen LogP contribution in [0.15, 0.2) is 6.20 Å². The van der Waals surface area contributed by atoms with Crippen molar-refractivity contribution in [3.05, 3.63) is 16.9 Å². The molecule has 1 aromatic rings. The fourth-order valence-electron chi connectivity index (χ4n) is 2.70. The highest BCUT2D eigenvalue weighted by atomic mass is 35.5. The summed E-state index contributed by atoms with van der Waals surface area (Å²) in [6.07, 6.45) is 5.12. The molecule has 1 saturated heterocycles.